The molecule has 0 fully saturated rings. The van der Waals surface area contributed by atoms with Gasteiger partial charge in [0.05, 0.1) is 6.26 Å². The van der Waals surface area contributed by atoms with E-state index < -0.39 is 14.5 Å². The molecular weight excluding hydrogens is 228 g/mol. The molecule has 0 bridgehead atoms. The van der Waals surface area contributed by atoms with Crippen molar-refractivity contribution in [1.82, 2.24) is 4.98 Å². The Hall–Kier alpha value is -1.50. The van der Waals surface area contributed by atoms with Crippen LogP contribution in [0.25, 0.3) is 10.9 Å². The van der Waals surface area contributed by atoms with Crippen molar-refractivity contribution in [2.75, 3.05) is 6.26 Å². The van der Waals surface area contributed by atoms with Gasteiger partial charge in [-0.15, -0.1) is 0 Å². The van der Waals surface area contributed by atoms with Crippen LogP contribution in [0.15, 0.2) is 36.5 Å². The van der Waals surface area contributed by atoms with E-state index in [0.717, 1.165) is 11.6 Å². The topological polar surface area (TPSA) is 74.5 Å². The molecule has 6 heteroatoms. The Morgan fingerprint density at radius 3 is 2.62 bits per heavy atom. The highest BCUT2D eigenvalue weighted by molar-refractivity contribution is 7.84. The minimum atomic E-state index is -3.73. The van der Waals surface area contributed by atoms with Crippen LogP contribution in [-0.4, -0.2) is 19.7 Å². The van der Waals surface area contributed by atoms with E-state index in [-0.39, 0.29) is 5.69 Å². The monoisotopic (exact) mass is 238 g/mol. The number of quaternary nitrogens is 1. The van der Waals surface area contributed by atoms with Gasteiger partial charge in [-0.25, -0.2) is 9.45 Å². The number of hydrogen-bond donors (Lipinski definition) is 1. The summed E-state index contributed by atoms with van der Waals surface area (Å²) < 4.78 is 21.5. The van der Waals surface area contributed by atoms with E-state index >= 15 is 0 Å². The average Bonchev–Trinajstić information content (AvgIpc) is 2.26. The first kappa shape index (κ1) is 11.0. The molecule has 0 amide bonds. The first-order valence-electron chi connectivity index (χ1n) is 4.58. The standard InChI is InChI=1S/C10H10N2O3S/c1-16(14,15)12(13)9-6-2-4-8-5-3-7-11-10(8)9/h2-7,12H,1H3. The lowest BCUT2D eigenvalue weighted by Crippen LogP contribution is -3.04. The van der Waals surface area contributed by atoms with E-state index in [0.29, 0.717) is 5.52 Å². The van der Waals surface area contributed by atoms with Gasteiger partial charge in [-0.3, -0.25) is 0 Å². The fourth-order valence-electron chi connectivity index (χ4n) is 1.47. The van der Waals surface area contributed by atoms with Crippen LogP contribution in [0.5, 0.6) is 0 Å². The number of sulfonamides is 1. The minimum Gasteiger partial charge on any atom is -0.613 e. The maximum Gasteiger partial charge on any atom is 0.297 e. The molecule has 1 N–H and O–H groups in total. The molecule has 16 heavy (non-hydrogen) atoms. The highest BCUT2D eigenvalue weighted by atomic mass is 32.2. The van der Waals surface area contributed by atoms with Gasteiger partial charge in [0, 0.05) is 17.6 Å². The van der Waals surface area contributed by atoms with Gasteiger partial charge in [0.25, 0.3) is 10.0 Å². The maximum absolute atomic E-state index is 11.7. The first-order valence-corrected chi connectivity index (χ1v) is 6.47. The molecule has 0 radical (unpaired) electrons. The molecule has 2 rings (SSSR count). The summed E-state index contributed by atoms with van der Waals surface area (Å²) in [6.45, 7) is 0. The van der Waals surface area contributed by atoms with Crippen LogP contribution in [0.4, 0.5) is 5.69 Å². The summed E-state index contributed by atoms with van der Waals surface area (Å²) in [6, 6.07) is 8.40. The zero-order valence-electron chi connectivity index (χ0n) is 8.54. The number of rotatable bonds is 2. The lowest BCUT2D eigenvalue weighted by molar-refractivity contribution is -0.622. The molecular formula is C10H10N2O3S. The average molecular weight is 238 g/mol. The van der Waals surface area contributed by atoms with E-state index in [1.54, 1.807) is 24.3 Å². The van der Waals surface area contributed by atoms with E-state index in [2.05, 4.69) is 4.98 Å². The summed E-state index contributed by atoms with van der Waals surface area (Å²) in [7, 11) is -3.73. The van der Waals surface area contributed by atoms with Crippen LogP contribution < -0.4 is 4.47 Å². The Morgan fingerprint density at radius 1 is 1.25 bits per heavy atom. The molecule has 84 valence electrons. The van der Waals surface area contributed by atoms with E-state index in [1.807, 2.05) is 0 Å². The van der Waals surface area contributed by atoms with Gasteiger partial charge in [-0.1, -0.05) is 18.2 Å². The largest absolute Gasteiger partial charge is 0.613 e. The van der Waals surface area contributed by atoms with Crippen LogP contribution in [0.2, 0.25) is 0 Å². The summed E-state index contributed by atoms with van der Waals surface area (Å²) >= 11 is 0. The molecule has 1 aromatic heterocycles. The van der Waals surface area contributed by atoms with E-state index in [4.69, 9.17) is 0 Å². The number of aromatic nitrogens is 1. The second kappa shape index (κ2) is 3.82. The first-order chi connectivity index (χ1) is 7.50. The Morgan fingerprint density at radius 2 is 1.94 bits per heavy atom. The molecule has 0 aliphatic carbocycles. The van der Waals surface area contributed by atoms with Crippen LogP contribution in [-0.2, 0) is 10.0 Å². The number of fused-ring (bicyclic) bond motifs is 1. The molecule has 0 saturated carbocycles. The van der Waals surface area contributed by atoms with Crippen molar-refractivity contribution < 1.29 is 12.9 Å². The normalized spacial score (nSPS) is 13.9. The number of nitrogens with zero attached hydrogens (tertiary/aromatic N) is 1. The predicted octanol–water partition coefficient (Wildman–Crippen LogP) is 0.209. The number of nitrogens with one attached hydrogen (secondary N) is 1. The van der Waals surface area contributed by atoms with Crippen molar-refractivity contribution in [2.24, 2.45) is 0 Å². The predicted molar refractivity (Wildman–Crippen MR) is 60.6 cm³/mol. The molecule has 0 spiro atoms. The van der Waals surface area contributed by atoms with Gasteiger partial charge < -0.3 is 5.21 Å². The summed E-state index contributed by atoms with van der Waals surface area (Å²) in [6.07, 6.45) is 2.43. The lowest BCUT2D eigenvalue weighted by Gasteiger charge is -2.19. The van der Waals surface area contributed by atoms with Gasteiger partial charge in [-0.2, -0.15) is 8.42 Å². The second-order valence-corrected chi connectivity index (χ2v) is 5.36. The summed E-state index contributed by atoms with van der Waals surface area (Å²) in [5.41, 5.74) is 0.543. The highest BCUT2D eigenvalue weighted by Crippen LogP contribution is 2.17. The van der Waals surface area contributed by atoms with E-state index in [1.165, 1.54) is 12.3 Å². The molecule has 1 aromatic carbocycles. The maximum atomic E-state index is 11.7. The lowest BCUT2D eigenvalue weighted by atomic mass is 10.2. The summed E-state index contributed by atoms with van der Waals surface area (Å²) in [5.74, 6) is 0. The zero-order valence-corrected chi connectivity index (χ0v) is 9.36. The smallest absolute Gasteiger partial charge is 0.297 e. The second-order valence-electron chi connectivity index (χ2n) is 3.44. The van der Waals surface area contributed by atoms with Crippen molar-refractivity contribution >= 4 is 26.6 Å². The molecule has 1 atom stereocenters. The SMILES string of the molecule is CS(=O)(=O)[NH+]([O-])c1cccc2cccnc12. The fraction of sp³-hybridized carbons (Fsp3) is 0.100. The molecule has 0 aliphatic heterocycles. The number of benzene rings is 1. The Kier molecular flexibility index (Phi) is 2.63. The highest BCUT2D eigenvalue weighted by Gasteiger charge is 2.17. The third kappa shape index (κ3) is 1.90. The van der Waals surface area contributed by atoms with Crippen LogP contribution in [0.3, 0.4) is 0 Å². The summed E-state index contributed by atoms with van der Waals surface area (Å²) in [4.78, 5) is 4.03. The fourth-order valence-corrected chi connectivity index (χ4v) is 2.03. The zero-order chi connectivity index (χ0) is 11.8. The third-order valence-electron chi connectivity index (χ3n) is 2.19. The third-order valence-corrected chi connectivity index (χ3v) is 3.08. The van der Waals surface area contributed by atoms with E-state index in [9.17, 15) is 13.6 Å². The van der Waals surface area contributed by atoms with Gasteiger partial charge in [0.15, 0.2) is 5.69 Å². The Labute approximate surface area is 93.0 Å². The molecule has 1 heterocycles. The number of pyridine rings is 1. The van der Waals surface area contributed by atoms with Gasteiger partial charge in [0.1, 0.15) is 5.52 Å². The molecule has 5 nitrogen and oxygen atoms in total. The quantitative estimate of drug-likeness (QED) is 0.759. The number of para-hydroxylation sites is 1. The Bertz CT molecular complexity index is 620. The Balaban J connectivity index is 2.70. The van der Waals surface area contributed by atoms with Crippen molar-refractivity contribution in [3.8, 4) is 0 Å². The van der Waals surface area contributed by atoms with Gasteiger partial charge in [-0.05, 0) is 6.07 Å². The van der Waals surface area contributed by atoms with Gasteiger partial charge >= 0.3 is 0 Å². The van der Waals surface area contributed by atoms with Crippen molar-refractivity contribution in [3.05, 3.63) is 41.7 Å². The van der Waals surface area contributed by atoms with Gasteiger partial charge in [0.2, 0.25) is 0 Å². The van der Waals surface area contributed by atoms with Crippen LogP contribution >= 0.6 is 0 Å². The summed E-state index contributed by atoms with van der Waals surface area (Å²) in [5, 5.41) is 12.4. The van der Waals surface area contributed by atoms with Crippen LogP contribution in [0, 0.1) is 5.21 Å². The molecule has 2 aromatic rings. The van der Waals surface area contributed by atoms with Crippen molar-refractivity contribution in [3.63, 3.8) is 0 Å². The molecule has 1 unspecified atom stereocenters. The van der Waals surface area contributed by atoms with Crippen LogP contribution in [0.1, 0.15) is 0 Å². The van der Waals surface area contributed by atoms with Crippen molar-refractivity contribution in [2.45, 2.75) is 0 Å². The minimum absolute atomic E-state index is 0.126. The molecule has 0 saturated heterocycles. The molecule has 0 aliphatic rings. The van der Waals surface area contributed by atoms with Crippen molar-refractivity contribution in [1.29, 1.82) is 0 Å². The number of hydrogen-bond acceptors (Lipinski definition) is 4.